The third-order valence-corrected chi connectivity index (χ3v) is 12.4. The molecule has 0 spiro atoms. The number of hydrogen-bond donors (Lipinski definition) is 0. The van der Waals surface area contributed by atoms with Crippen molar-refractivity contribution in [2.75, 3.05) is 0 Å². The lowest BCUT2D eigenvalue weighted by Gasteiger charge is -2.17. The molecule has 2 aromatic heterocycles. The molecular weight excluding hydrogens is 667 g/mol. The number of benzene rings is 8. The van der Waals surface area contributed by atoms with E-state index in [9.17, 15) is 5.26 Å². The number of thiophene rings is 2. The van der Waals surface area contributed by atoms with Gasteiger partial charge in [-0.15, -0.1) is 22.7 Å². The Morgan fingerprint density at radius 2 is 0.827 bits per heavy atom. The standard InChI is InChI=1S/C49H29NS2/c50-30-35-12-4-5-13-39(35)37-24-36(31-10-2-1-3-11-31)25-38(26-37)43-27-32(33-19-22-48-44(28-33)41-14-6-8-16-46(41)51-48)18-21-40(43)34-20-23-49-45(29-34)42-15-7-9-17-47(42)52-49/h1-29H. The Hall–Kier alpha value is -6.31. The van der Waals surface area contributed by atoms with Gasteiger partial charge in [0, 0.05) is 40.3 Å². The summed E-state index contributed by atoms with van der Waals surface area (Å²) in [6, 6.07) is 65.8. The molecule has 52 heavy (non-hydrogen) atoms. The van der Waals surface area contributed by atoms with Crippen LogP contribution in [-0.4, -0.2) is 0 Å². The Labute approximate surface area is 309 Å². The summed E-state index contributed by atoms with van der Waals surface area (Å²) < 4.78 is 5.21. The largest absolute Gasteiger partial charge is 0.192 e. The van der Waals surface area contributed by atoms with Gasteiger partial charge in [-0.25, -0.2) is 0 Å². The van der Waals surface area contributed by atoms with E-state index in [1.807, 2.05) is 40.9 Å². The van der Waals surface area contributed by atoms with Crippen molar-refractivity contribution in [2.45, 2.75) is 0 Å². The van der Waals surface area contributed by atoms with Gasteiger partial charge in [0.15, 0.2) is 0 Å². The fraction of sp³-hybridized carbons (Fsp3) is 0. The van der Waals surface area contributed by atoms with Crippen molar-refractivity contribution in [1.82, 2.24) is 0 Å². The molecule has 0 radical (unpaired) electrons. The predicted molar refractivity (Wildman–Crippen MR) is 224 cm³/mol. The number of hydrogen-bond acceptors (Lipinski definition) is 3. The second-order valence-corrected chi connectivity index (χ2v) is 15.4. The summed E-state index contributed by atoms with van der Waals surface area (Å²) in [5.41, 5.74) is 11.9. The van der Waals surface area contributed by atoms with E-state index < -0.39 is 0 Å². The number of fused-ring (bicyclic) bond motifs is 6. The van der Waals surface area contributed by atoms with E-state index in [2.05, 4.69) is 164 Å². The highest BCUT2D eigenvalue weighted by Crippen LogP contribution is 2.43. The molecule has 8 aromatic carbocycles. The molecule has 10 rings (SSSR count). The Bertz CT molecular complexity index is 3030. The Kier molecular flexibility index (Phi) is 7.32. The molecule has 0 atom stereocenters. The van der Waals surface area contributed by atoms with Crippen molar-refractivity contribution in [3.05, 3.63) is 181 Å². The van der Waals surface area contributed by atoms with Crippen LogP contribution in [0, 0.1) is 11.3 Å². The second kappa shape index (κ2) is 12.5. The number of nitriles is 1. The maximum absolute atomic E-state index is 10.1. The highest BCUT2D eigenvalue weighted by Gasteiger charge is 2.17. The van der Waals surface area contributed by atoms with Gasteiger partial charge in [0.1, 0.15) is 0 Å². The van der Waals surface area contributed by atoms with Gasteiger partial charge in [0.2, 0.25) is 0 Å². The van der Waals surface area contributed by atoms with Gasteiger partial charge in [0.05, 0.1) is 11.6 Å². The molecule has 0 unspecified atom stereocenters. The van der Waals surface area contributed by atoms with Gasteiger partial charge in [-0.3, -0.25) is 0 Å². The first-order valence-corrected chi connectivity index (χ1v) is 19.0. The van der Waals surface area contributed by atoms with Crippen LogP contribution < -0.4 is 0 Å². The van der Waals surface area contributed by atoms with Gasteiger partial charge in [0.25, 0.3) is 0 Å². The molecule has 0 fully saturated rings. The maximum atomic E-state index is 10.1. The molecule has 0 bridgehead atoms. The highest BCUT2D eigenvalue weighted by atomic mass is 32.1. The van der Waals surface area contributed by atoms with Crippen molar-refractivity contribution in [3.8, 4) is 61.7 Å². The van der Waals surface area contributed by atoms with Crippen LogP contribution in [0.1, 0.15) is 5.56 Å². The fourth-order valence-electron chi connectivity index (χ4n) is 7.58. The van der Waals surface area contributed by atoms with E-state index in [1.165, 1.54) is 62.6 Å². The van der Waals surface area contributed by atoms with E-state index in [4.69, 9.17) is 0 Å². The molecule has 0 aliphatic rings. The summed E-state index contributed by atoms with van der Waals surface area (Å²) in [5.74, 6) is 0. The second-order valence-electron chi connectivity index (χ2n) is 13.2. The summed E-state index contributed by atoms with van der Waals surface area (Å²) in [5, 5.41) is 15.3. The zero-order valence-electron chi connectivity index (χ0n) is 28.0. The Balaban J connectivity index is 1.24. The molecule has 0 saturated heterocycles. The van der Waals surface area contributed by atoms with Crippen LogP contribution in [0.5, 0.6) is 0 Å². The van der Waals surface area contributed by atoms with E-state index >= 15 is 0 Å². The minimum atomic E-state index is 0.665. The Morgan fingerprint density at radius 1 is 0.308 bits per heavy atom. The summed E-state index contributed by atoms with van der Waals surface area (Å²) in [4.78, 5) is 0. The van der Waals surface area contributed by atoms with Crippen LogP contribution >= 0.6 is 22.7 Å². The van der Waals surface area contributed by atoms with Crippen molar-refractivity contribution in [1.29, 1.82) is 5.26 Å². The topological polar surface area (TPSA) is 23.8 Å². The minimum Gasteiger partial charge on any atom is -0.192 e. The molecule has 0 amide bonds. The van der Waals surface area contributed by atoms with Crippen LogP contribution in [0.3, 0.4) is 0 Å². The summed E-state index contributed by atoms with van der Waals surface area (Å²) in [6.45, 7) is 0. The molecule has 242 valence electrons. The zero-order valence-corrected chi connectivity index (χ0v) is 29.6. The molecule has 0 aliphatic carbocycles. The molecule has 0 saturated carbocycles. The summed E-state index contributed by atoms with van der Waals surface area (Å²) in [7, 11) is 0. The Morgan fingerprint density at radius 3 is 1.54 bits per heavy atom. The van der Waals surface area contributed by atoms with E-state index in [0.29, 0.717) is 5.56 Å². The first-order chi connectivity index (χ1) is 25.7. The van der Waals surface area contributed by atoms with Gasteiger partial charge < -0.3 is 0 Å². The summed E-state index contributed by atoms with van der Waals surface area (Å²) >= 11 is 3.69. The van der Waals surface area contributed by atoms with Crippen molar-refractivity contribution in [2.24, 2.45) is 0 Å². The molecule has 0 aliphatic heterocycles. The van der Waals surface area contributed by atoms with E-state index in [0.717, 1.165) is 33.4 Å². The van der Waals surface area contributed by atoms with Crippen molar-refractivity contribution in [3.63, 3.8) is 0 Å². The first-order valence-electron chi connectivity index (χ1n) is 17.4. The fourth-order valence-corrected chi connectivity index (χ4v) is 9.75. The third kappa shape index (κ3) is 5.20. The SMILES string of the molecule is N#Cc1ccccc1-c1cc(-c2ccccc2)cc(-c2cc(-c3ccc4sc5ccccc5c4c3)ccc2-c2ccc3sc4ccccc4c3c2)c1. The highest BCUT2D eigenvalue weighted by molar-refractivity contribution is 7.26. The average molecular weight is 696 g/mol. The monoisotopic (exact) mass is 695 g/mol. The lowest BCUT2D eigenvalue weighted by atomic mass is 9.87. The quantitative estimate of drug-likeness (QED) is 0.176. The van der Waals surface area contributed by atoms with Crippen LogP contribution in [0.15, 0.2) is 176 Å². The van der Waals surface area contributed by atoms with Crippen LogP contribution in [0.4, 0.5) is 0 Å². The predicted octanol–water partition coefficient (Wildman–Crippen LogP) is 14.6. The molecular formula is C49H29NS2. The lowest BCUT2D eigenvalue weighted by Crippen LogP contribution is -1.92. The van der Waals surface area contributed by atoms with Crippen LogP contribution in [-0.2, 0) is 0 Å². The van der Waals surface area contributed by atoms with E-state index in [1.54, 1.807) is 0 Å². The van der Waals surface area contributed by atoms with Crippen molar-refractivity contribution < 1.29 is 0 Å². The minimum absolute atomic E-state index is 0.665. The number of rotatable bonds is 5. The lowest BCUT2D eigenvalue weighted by molar-refractivity contribution is 1.47. The van der Waals surface area contributed by atoms with Gasteiger partial charge in [-0.2, -0.15) is 5.26 Å². The third-order valence-electron chi connectivity index (χ3n) is 10.1. The van der Waals surface area contributed by atoms with Gasteiger partial charge >= 0.3 is 0 Å². The average Bonchev–Trinajstić information content (AvgIpc) is 3.78. The van der Waals surface area contributed by atoms with Gasteiger partial charge in [-0.1, -0.05) is 109 Å². The summed E-state index contributed by atoms with van der Waals surface area (Å²) in [6.07, 6.45) is 0. The van der Waals surface area contributed by atoms with E-state index in [-0.39, 0.29) is 0 Å². The zero-order chi connectivity index (χ0) is 34.6. The molecule has 10 aromatic rings. The first kappa shape index (κ1) is 30.5. The molecule has 2 heterocycles. The van der Waals surface area contributed by atoms with Gasteiger partial charge in [-0.05, 0) is 122 Å². The van der Waals surface area contributed by atoms with Crippen LogP contribution in [0.2, 0.25) is 0 Å². The maximum Gasteiger partial charge on any atom is 0.0998 e. The van der Waals surface area contributed by atoms with Crippen LogP contribution in [0.25, 0.3) is 96.0 Å². The molecule has 1 nitrogen and oxygen atoms in total. The number of nitrogens with zero attached hydrogens (tertiary/aromatic N) is 1. The molecule has 3 heteroatoms. The smallest absolute Gasteiger partial charge is 0.0998 e. The normalized spacial score (nSPS) is 11.4. The molecule has 0 N–H and O–H groups in total. The van der Waals surface area contributed by atoms with Crippen molar-refractivity contribution >= 4 is 63.0 Å².